The highest BCUT2D eigenvalue weighted by Gasteiger charge is 2.15. The summed E-state index contributed by atoms with van der Waals surface area (Å²) < 4.78 is 1.95. The van der Waals surface area contributed by atoms with Crippen LogP contribution in [0.25, 0.3) is 11.4 Å². The van der Waals surface area contributed by atoms with E-state index in [4.69, 9.17) is 4.98 Å². The molecule has 0 spiro atoms. The fourth-order valence-corrected chi connectivity index (χ4v) is 2.82. The second-order valence-electron chi connectivity index (χ2n) is 5.34. The Bertz CT molecular complexity index is 557. The Balaban J connectivity index is 1.78. The van der Waals surface area contributed by atoms with Crippen molar-refractivity contribution in [1.29, 1.82) is 0 Å². The zero-order chi connectivity index (χ0) is 13.8. The van der Waals surface area contributed by atoms with Crippen molar-refractivity contribution < 1.29 is 0 Å². The van der Waals surface area contributed by atoms with Gasteiger partial charge in [-0.1, -0.05) is 0 Å². The zero-order valence-corrected chi connectivity index (χ0v) is 11.9. The van der Waals surface area contributed by atoms with E-state index in [-0.39, 0.29) is 0 Å². The van der Waals surface area contributed by atoms with Crippen LogP contribution in [0.3, 0.4) is 0 Å². The molecular weight excluding hydrogens is 250 g/mol. The topological polar surface area (TPSA) is 55.6 Å². The van der Waals surface area contributed by atoms with Crippen LogP contribution in [-0.2, 0) is 13.0 Å². The van der Waals surface area contributed by atoms with Crippen LogP contribution in [0, 0.1) is 5.92 Å². The van der Waals surface area contributed by atoms with Gasteiger partial charge in [0.25, 0.3) is 0 Å². The molecule has 5 nitrogen and oxygen atoms in total. The minimum Gasteiger partial charge on any atom is -0.316 e. The number of hydrogen-bond donors (Lipinski definition) is 1. The lowest BCUT2D eigenvalue weighted by molar-refractivity contribution is 0.373. The third-order valence-corrected chi connectivity index (χ3v) is 3.86. The van der Waals surface area contributed by atoms with Crippen LogP contribution >= 0.6 is 0 Å². The standard InChI is InChI=1S/C15H21N5/c1-2-20-15(5-7-18-20)14-11-17-10-13(19-14)8-12-4-3-6-16-9-12/h5,7,10-12,16H,2-4,6,8-9H2,1H3/t12-/m1/s1. The predicted octanol–water partition coefficient (Wildman–Crippen LogP) is 1.90. The molecule has 3 heterocycles. The van der Waals surface area contributed by atoms with Crippen molar-refractivity contribution in [3.05, 3.63) is 30.4 Å². The largest absolute Gasteiger partial charge is 0.316 e. The maximum Gasteiger partial charge on any atom is 0.107 e. The summed E-state index contributed by atoms with van der Waals surface area (Å²) >= 11 is 0. The van der Waals surface area contributed by atoms with Gasteiger partial charge in [0.05, 0.1) is 17.6 Å². The van der Waals surface area contributed by atoms with Crippen molar-refractivity contribution in [3.8, 4) is 11.4 Å². The molecular formula is C15H21N5. The van der Waals surface area contributed by atoms with Crippen LogP contribution in [0.1, 0.15) is 25.5 Å². The molecule has 0 amide bonds. The molecule has 0 unspecified atom stereocenters. The summed E-state index contributed by atoms with van der Waals surface area (Å²) in [6.07, 6.45) is 9.09. The number of hydrogen-bond acceptors (Lipinski definition) is 4. The molecule has 1 saturated heterocycles. The molecule has 2 aromatic heterocycles. The highest BCUT2D eigenvalue weighted by atomic mass is 15.3. The molecule has 2 aromatic rings. The molecule has 20 heavy (non-hydrogen) atoms. The van der Waals surface area contributed by atoms with Gasteiger partial charge >= 0.3 is 0 Å². The first kappa shape index (κ1) is 13.2. The summed E-state index contributed by atoms with van der Waals surface area (Å²) in [7, 11) is 0. The molecule has 0 aliphatic carbocycles. The van der Waals surface area contributed by atoms with Crippen molar-refractivity contribution in [3.63, 3.8) is 0 Å². The maximum atomic E-state index is 4.77. The van der Waals surface area contributed by atoms with Crippen LogP contribution in [0.5, 0.6) is 0 Å². The summed E-state index contributed by atoms with van der Waals surface area (Å²) in [6, 6.07) is 2.00. The molecule has 1 atom stereocenters. The molecule has 106 valence electrons. The third kappa shape index (κ3) is 2.88. The number of nitrogens with one attached hydrogen (secondary N) is 1. The first-order valence-electron chi connectivity index (χ1n) is 7.40. The fraction of sp³-hybridized carbons (Fsp3) is 0.533. The highest BCUT2D eigenvalue weighted by molar-refractivity contribution is 5.52. The van der Waals surface area contributed by atoms with Gasteiger partial charge in [0, 0.05) is 18.9 Å². The van der Waals surface area contributed by atoms with Crippen LogP contribution in [0.15, 0.2) is 24.7 Å². The quantitative estimate of drug-likeness (QED) is 0.923. The second-order valence-corrected chi connectivity index (χ2v) is 5.34. The monoisotopic (exact) mass is 271 g/mol. The molecule has 5 heteroatoms. The fourth-order valence-electron chi connectivity index (χ4n) is 2.82. The van der Waals surface area contributed by atoms with E-state index >= 15 is 0 Å². The van der Waals surface area contributed by atoms with E-state index in [1.165, 1.54) is 12.8 Å². The van der Waals surface area contributed by atoms with Crippen LogP contribution < -0.4 is 5.32 Å². The van der Waals surface area contributed by atoms with Crippen molar-refractivity contribution in [2.45, 2.75) is 32.7 Å². The van der Waals surface area contributed by atoms with E-state index in [1.807, 2.05) is 29.3 Å². The summed E-state index contributed by atoms with van der Waals surface area (Å²) in [6.45, 7) is 5.18. The Morgan fingerprint density at radius 3 is 3.15 bits per heavy atom. The first-order valence-corrected chi connectivity index (χ1v) is 7.40. The normalized spacial score (nSPS) is 19.1. The van der Waals surface area contributed by atoms with Crippen LogP contribution in [0.4, 0.5) is 0 Å². The van der Waals surface area contributed by atoms with Crippen molar-refractivity contribution in [2.24, 2.45) is 5.92 Å². The van der Waals surface area contributed by atoms with Crippen LogP contribution in [-0.4, -0.2) is 32.8 Å². The number of aromatic nitrogens is 4. The summed E-state index contributed by atoms with van der Waals surface area (Å²) in [4.78, 5) is 9.12. The summed E-state index contributed by atoms with van der Waals surface area (Å²) in [5.41, 5.74) is 3.05. The zero-order valence-electron chi connectivity index (χ0n) is 11.9. The minimum absolute atomic E-state index is 0.685. The smallest absolute Gasteiger partial charge is 0.107 e. The number of aryl methyl sites for hydroxylation is 1. The Hall–Kier alpha value is -1.75. The van der Waals surface area contributed by atoms with Gasteiger partial charge in [-0.15, -0.1) is 0 Å². The average molecular weight is 271 g/mol. The molecule has 1 aliphatic heterocycles. The lowest BCUT2D eigenvalue weighted by atomic mass is 9.95. The van der Waals surface area contributed by atoms with Gasteiger partial charge in [-0.3, -0.25) is 9.67 Å². The van der Waals surface area contributed by atoms with Crippen molar-refractivity contribution in [2.75, 3.05) is 13.1 Å². The van der Waals surface area contributed by atoms with Gasteiger partial charge in [0.1, 0.15) is 5.69 Å². The predicted molar refractivity (Wildman–Crippen MR) is 78.2 cm³/mol. The summed E-state index contributed by atoms with van der Waals surface area (Å²) in [5.74, 6) is 0.685. The van der Waals surface area contributed by atoms with E-state index < -0.39 is 0 Å². The van der Waals surface area contributed by atoms with Gasteiger partial charge in [-0.25, -0.2) is 4.98 Å². The molecule has 0 bridgehead atoms. The van der Waals surface area contributed by atoms with Gasteiger partial charge in [-0.05, 0) is 51.3 Å². The molecule has 3 rings (SSSR count). The van der Waals surface area contributed by atoms with Gasteiger partial charge < -0.3 is 5.32 Å². The summed E-state index contributed by atoms with van der Waals surface area (Å²) in [5, 5.41) is 7.75. The lowest BCUT2D eigenvalue weighted by Gasteiger charge is -2.22. The molecule has 1 fully saturated rings. The lowest BCUT2D eigenvalue weighted by Crippen LogP contribution is -2.31. The highest BCUT2D eigenvalue weighted by Crippen LogP contribution is 2.19. The van der Waals surface area contributed by atoms with Crippen molar-refractivity contribution in [1.82, 2.24) is 25.1 Å². The van der Waals surface area contributed by atoms with E-state index in [9.17, 15) is 0 Å². The molecule has 0 radical (unpaired) electrons. The van der Waals surface area contributed by atoms with Gasteiger partial charge in [0.15, 0.2) is 0 Å². The average Bonchev–Trinajstić information content (AvgIpc) is 2.97. The molecule has 0 aromatic carbocycles. The van der Waals surface area contributed by atoms with Crippen LogP contribution in [0.2, 0.25) is 0 Å². The van der Waals surface area contributed by atoms with Crippen molar-refractivity contribution >= 4 is 0 Å². The molecule has 1 aliphatic rings. The maximum absolute atomic E-state index is 4.77. The second kappa shape index (κ2) is 6.13. The van der Waals surface area contributed by atoms with E-state index in [1.54, 1.807) is 0 Å². The molecule has 1 N–H and O–H groups in total. The van der Waals surface area contributed by atoms with E-state index in [2.05, 4.69) is 22.3 Å². The number of nitrogens with zero attached hydrogens (tertiary/aromatic N) is 4. The Kier molecular flexibility index (Phi) is 4.06. The first-order chi connectivity index (χ1) is 9.86. The van der Waals surface area contributed by atoms with Gasteiger partial charge in [-0.2, -0.15) is 5.10 Å². The SMILES string of the molecule is CCn1nccc1-c1cncc(C[C@H]2CCCNC2)n1. The molecule has 0 saturated carbocycles. The number of piperidine rings is 1. The number of rotatable bonds is 4. The van der Waals surface area contributed by atoms with Gasteiger partial charge in [0.2, 0.25) is 0 Å². The third-order valence-electron chi connectivity index (χ3n) is 3.86. The Labute approximate surface area is 119 Å². The van der Waals surface area contributed by atoms with E-state index in [0.717, 1.165) is 43.1 Å². The Morgan fingerprint density at radius 1 is 1.40 bits per heavy atom. The minimum atomic E-state index is 0.685. The van der Waals surface area contributed by atoms with E-state index in [0.29, 0.717) is 5.92 Å². The Morgan fingerprint density at radius 2 is 2.35 bits per heavy atom.